The van der Waals surface area contributed by atoms with Gasteiger partial charge in [-0.2, -0.15) is 0 Å². The van der Waals surface area contributed by atoms with Gasteiger partial charge in [-0.05, 0) is 36.8 Å². The summed E-state index contributed by atoms with van der Waals surface area (Å²) >= 11 is 0. The van der Waals surface area contributed by atoms with Crippen molar-refractivity contribution in [3.8, 4) is 0 Å². The Bertz CT molecular complexity index is 376. The highest BCUT2D eigenvalue weighted by Crippen LogP contribution is 2.14. The molecule has 0 atom stereocenters. The van der Waals surface area contributed by atoms with Gasteiger partial charge in [0.1, 0.15) is 0 Å². The van der Waals surface area contributed by atoms with Gasteiger partial charge in [-0.15, -0.1) is 0 Å². The van der Waals surface area contributed by atoms with Crippen LogP contribution < -0.4 is 0 Å². The molecule has 0 heterocycles. The lowest BCUT2D eigenvalue weighted by Crippen LogP contribution is -1.89. The fraction of sp³-hybridized carbons (Fsp3) is 0.760. The number of rotatable bonds is 17. The van der Waals surface area contributed by atoms with Crippen LogP contribution in [0.1, 0.15) is 121 Å². The zero-order valence-corrected chi connectivity index (χ0v) is 17.3. The van der Waals surface area contributed by atoms with Crippen molar-refractivity contribution in [2.75, 3.05) is 0 Å². The second-order valence-corrected chi connectivity index (χ2v) is 7.91. The van der Waals surface area contributed by atoms with Crippen LogP contribution in [0.15, 0.2) is 24.3 Å². The van der Waals surface area contributed by atoms with E-state index in [0.29, 0.717) is 0 Å². The van der Waals surface area contributed by atoms with Crippen LogP contribution in [0.2, 0.25) is 0 Å². The molecule has 0 heteroatoms. The van der Waals surface area contributed by atoms with Crippen molar-refractivity contribution in [3.05, 3.63) is 35.4 Å². The number of aryl methyl sites for hydroxylation is 2. The molecule has 0 N–H and O–H groups in total. The Morgan fingerprint density at radius 3 is 1.12 bits per heavy atom. The first-order chi connectivity index (χ1) is 12.4. The van der Waals surface area contributed by atoms with E-state index in [-0.39, 0.29) is 0 Å². The zero-order valence-electron chi connectivity index (χ0n) is 17.3. The maximum absolute atomic E-state index is 2.35. The van der Waals surface area contributed by atoms with Crippen molar-refractivity contribution in [1.29, 1.82) is 0 Å². The molecule has 25 heavy (non-hydrogen) atoms. The van der Waals surface area contributed by atoms with Gasteiger partial charge in [0, 0.05) is 0 Å². The third-order valence-electron chi connectivity index (χ3n) is 5.41. The zero-order chi connectivity index (χ0) is 18.0. The van der Waals surface area contributed by atoms with E-state index < -0.39 is 0 Å². The second kappa shape index (κ2) is 16.7. The summed E-state index contributed by atoms with van der Waals surface area (Å²) in [6.45, 7) is 4.56. The van der Waals surface area contributed by atoms with Gasteiger partial charge in [0.25, 0.3) is 0 Å². The minimum Gasteiger partial charge on any atom is -0.0654 e. The molecule has 144 valence electrons. The van der Waals surface area contributed by atoms with Crippen molar-refractivity contribution in [2.24, 2.45) is 0 Å². The standard InChI is InChI=1S/C25H44/c1-3-5-7-8-9-10-11-12-13-14-15-16-17-19-25-22-20-24(21-23-25)18-6-4-2/h20-23H,3-19H2,1-2H3. The van der Waals surface area contributed by atoms with Crippen LogP contribution in [0.4, 0.5) is 0 Å². The van der Waals surface area contributed by atoms with Crippen molar-refractivity contribution in [1.82, 2.24) is 0 Å². The van der Waals surface area contributed by atoms with E-state index in [0.717, 1.165) is 0 Å². The van der Waals surface area contributed by atoms with Gasteiger partial charge in [0.2, 0.25) is 0 Å². The number of hydrogen-bond acceptors (Lipinski definition) is 0. The molecular formula is C25H44. The monoisotopic (exact) mass is 344 g/mol. The van der Waals surface area contributed by atoms with Crippen molar-refractivity contribution in [3.63, 3.8) is 0 Å². The second-order valence-electron chi connectivity index (χ2n) is 7.91. The van der Waals surface area contributed by atoms with Gasteiger partial charge in [0.15, 0.2) is 0 Å². The van der Waals surface area contributed by atoms with E-state index in [1.807, 2.05) is 0 Å². The van der Waals surface area contributed by atoms with E-state index in [4.69, 9.17) is 0 Å². The van der Waals surface area contributed by atoms with Crippen LogP contribution in [0.3, 0.4) is 0 Å². The lowest BCUT2D eigenvalue weighted by molar-refractivity contribution is 0.539. The Hall–Kier alpha value is -0.780. The molecule has 1 rings (SSSR count). The highest BCUT2D eigenvalue weighted by molar-refractivity contribution is 5.22. The number of unbranched alkanes of at least 4 members (excludes halogenated alkanes) is 13. The van der Waals surface area contributed by atoms with E-state index in [9.17, 15) is 0 Å². The van der Waals surface area contributed by atoms with Gasteiger partial charge in [0.05, 0.1) is 0 Å². The molecule has 0 bridgehead atoms. The largest absolute Gasteiger partial charge is 0.0654 e. The van der Waals surface area contributed by atoms with E-state index in [1.165, 1.54) is 120 Å². The SMILES string of the molecule is CCCCCCCCCCCCCCCc1ccc(CCCC)cc1. The van der Waals surface area contributed by atoms with Crippen LogP contribution in [0, 0.1) is 0 Å². The van der Waals surface area contributed by atoms with E-state index in [1.54, 1.807) is 0 Å². The quantitative estimate of drug-likeness (QED) is 0.248. The summed E-state index contributed by atoms with van der Waals surface area (Å²) in [6, 6.07) is 9.39. The normalized spacial score (nSPS) is 11.1. The van der Waals surface area contributed by atoms with Gasteiger partial charge in [-0.25, -0.2) is 0 Å². The van der Waals surface area contributed by atoms with Crippen LogP contribution in [0.25, 0.3) is 0 Å². The van der Waals surface area contributed by atoms with E-state index in [2.05, 4.69) is 38.1 Å². The molecule has 0 aromatic heterocycles. The summed E-state index contributed by atoms with van der Waals surface area (Å²) in [6.07, 6.45) is 23.8. The molecule has 1 aromatic carbocycles. The fourth-order valence-corrected chi connectivity index (χ4v) is 3.60. The first-order valence-electron chi connectivity index (χ1n) is 11.4. The van der Waals surface area contributed by atoms with Crippen molar-refractivity contribution in [2.45, 2.75) is 123 Å². The molecular weight excluding hydrogens is 300 g/mol. The molecule has 0 fully saturated rings. The molecule has 0 nitrogen and oxygen atoms in total. The minimum absolute atomic E-state index is 1.25. The lowest BCUT2D eigenvalue weighted by Gasteiger charge is -2.05. The van der Waals surface area contributed by atoms with Crippen LogP contribution >= 0.6 is 0 Å². The number of benzene rings is 1. The van der Waals surface area contributed by atoms with Crippen molar-refractivity contribution < 1.29 is 0 Å². The Kier molecular flexibility index (Phi) is 14.8. The Balaban J connectivity index is 1.87. The molecule has 1 aromatic rings. The molecule has 0 radical (unpaired) electrons. The first-order valence-corrected chi connectivity index (χ1v) is 11.4. The molecule has 0 spiro atoms. The minimum atomic E-state index is 1.25. The average Bonchev–Trinajstić information content (AvgIpc) is 2.65. The van der Waals surface area contributed by atoms with Crippen LogP contribution in [-0.2, 0) is 12.8 Å². The average molecular weight is 345 g/mol. The maximum Gasteiger partial charge on any atom is -0.0279 e. The topological polar surface area (TPSA) is 0 Å². The molecule has 0 aliphatic rings. The van der Waals surface area contributed by atoms with Crippen LogP contribution in [-0.4, -0.2) is 0 Å². The summed E-state index contributed by atoms with van der Waals surface area (Å²) in [7, 11) is 0. The summed E-state index contributed by atoms with van der Waals surface area (Å²) < 4.78 is 0. The smallest absolute Gasteiger partial charge is 0.0279 e. The number of hydrogen-bond donors (Lipinski definition) is 0. The molecule has 0 saturated heterocycles. The molecule has 0 unspecified atom stereocenters. The molecule has 0 aliphatic heterocycles. The Morgan fingerprint density at radius 1 is 0.400 bits per heavy atom. The Morgan fingerprint density at radius 2 is 0.720 bits per heavy atom. The molecule has 0 aliphatic carbocycles. The highest BCUT2D eigenvalue weighted by Gasteiger charge is 1.97. The van der Waals surface area contributed by atoms with Crippen LogP contribution in [0.5, 0.6) is 0 Å². The van der Waals surface area contributed by atoms with Gasteiger partial charge < -0.3 is 0 Å². The fourth-order valence-electron chi connectivity index (χ4n) is 3.60. The predicted molar refractivity (Wildman–Crippen MR) is 114 cm³/mol. The van der Waals surface area contributed by atoms with Crippen molar-refractivity contribution >= 4 is 0 Å². The molecule has 0 saturated carbocycles. The van der Waals surface area contributed by atoms with Gasteiger partial charge in [-0.1, -0.05) is 122 Å². The third-order valence-corrected chi connectivity index (χ3v) is 5.41. The lowest BCUT2D eigenvalue weighted by atomic mass is 10.0. The summed E-state index contributed by atoms with van der Waals surface area (Å²) in [5.74, 6) is 0. The summed E-state index contributed by atoms with van der Waals surface area (Å²) in [4.78, 5) is 0. The third kappa shape index (κ3) is 13.1. The Labute approximate surface area is 158 Å². The predicted octanol–water partition coefficient (Wildman–Crippen LogP) is 8.66. The molecule has 0 amide bonds. The first kappa shape index (κ1) is 22.3. The maximum atomic E-state index is 2.35. The summed E-state index contributed by atoms with van der Waals surface area (Å²) in [5.41, 5.74) is 3.04. The summed E-state index contributed by atoms with van der Waals surface area (Å²) in [5, 5.41) is 0. The van der Waals surface area contributed by atoms with Gasteiger partial charge >= 0.3 is 0 Å². The van der Waals surface area contributed by atoms with Gasteiger partial charge in [-0.3, -0.25) is 0 Å². The van der Waals surface area contributed by atoms with E-state index >= 15 is 0 Å². The highest BCUT2D eigenvalue weighted by atomic mass is 14.0.